The van der Waals surface area contributed by atoms with Crippen LogP contribution in [-0.2, 0) is 12.8 Å². The molecule has 0 atom stereocenters. The highest BCUT2D eigenvalue weighted by molar-refractivity contribution is 9.11. The molecule has 94 valence electrons. The van der Waals surface area contributed by atoms with Gasteiger partial charge in [-0.05, 0) is 47.2 Å². The maximum Gasteiger partial charge on any atom is 0.123 e. The molecule has 19 heavy (non-hydrogen) atoms. The predicted octanol–water partition coefficient (Wildman–Crippen LogP) is 4.86. The van der Waals surface area contributed by atoms with Crippen LogP contribution in [0, 0.1) is 5.82 Å². The summed E-state index contributed by atoms with van der Waals surface area (Å²) in [5.74, 6) is -0.202. The van der Waals surface area contributed by atoms with E-state index < -0.39 is 0 Å². The number of hydrogen-bond donors (Lipinski definition) is 0. The van der Waals surface area contributed by atoms with Crippen LogP contribution in [0.3, 0.4) is 0 Å². The van der Waals surface area contributed by atoms with Crippen molar-refractivity contribution in [3.63, 3.8) is 0 Å². The first kappa shape index (κ1) is 12.4. The van der Waals surface area contributed by atoms with Gasteiger partial charge in [-0.15, -0.1) is 5.73 Å². The molecule has 1 aliphatic carbocycles. The third-order valence-electron chi connectivity index (χ3n) is 3.49. The molecular formula is C17H12BrF. The van der Waals surface area contributed by atoms with E-state index in [1.54, 1.807) is 11.1 Å². The molecule has 0 N–H and O–H groups in total. The van der Waals surface area contributed by atoms with Crippen molar-refractivity contribution in [2.24, 2.45) is 0 Å². The van der Waals surface area contributed by atoms with E-state index in [0.29, 0.717) is 0 Å². The van der Waals surface area contributed by atoms with Gasteiger partial charge in [-0.3, -0.25) is 0 Å². The molecule has 0 bridgehead atoms. The van der Waals surface area contributed by atoms with Gasteiger partial charge in [0.25, 0.3) is 0 Å². The summed E-state index contributed by atoms with van der Waals surface area (Å²) in [6.07, 6.45) is 1.91. The van der Waals surface area contributed by atoms with E-state index in [0.717, 1.165) is 29.5 Å². The van der Waals surface area contributed by atoms with Crippen molar-refractivity contribution in [2.45, 2.75) is 12.8 Å². The smallest absolute Gasteiger partial charge is 0.123 e. The topological polar surface area (TPSA) is 0 Å². The molecular weight excluding hydrogens is 303 g/mol. The zero-order chi connectivity index (χ0) is 13.2. The van der Waals surface area contributed by atoms with Crippen molar-refractivity contribution in [3.8, 4) is 0 Å². The molecule has 0 heterocycles. The van der Waals surface area contributed by atoms with Crippen LogP contribution in [0.15, 0.2) is 53.2 Å². The first-order valence-electron chi connectivity index (χ1n) is 6.22. The Bertz CT molecular complexity index is 694. The lowest BCUT2D eigenvalue weighted by Gasteiger charge is -2.09. The second kappa shape index (κ2) is 5.16. The summed E-state index contributed by atoms with van der Waals surface area (Å²) in [5.41, 5.74) is 8.71. The SMILES string of the molecule is Fc1ccc2c(c1)C(=C=CBr)c1ccccc1CC2. The molecule has 0 saturated heterocycles. The lowest BCUT2D eigenvalue weighted by molar-refractivity contribution is 0.626. The second-order valence-corrected chi connectivity index (χ2v) is 5.04. The normalized spacial score (nSPS) is 13.1. The average molecular weight is 315 g/mol. The minimum atomic E-state index is -0.202. The molecule has 1 aliphatic rings. The van der Waals surface area contributed by atoms with Crippen LogP contribution in [0.1, 0.15) is 22.3 Å². The van der Waals surface area contributed by atoms with Crippen molar-refractivity contribution < 1.29 is 4.39 Å². The van der Waals surface area contributed by atoms with Crippen LogP contribution in [0.4, 0.5) is 4.39 Å². The highest BCUT2D eigenvalue weighted by atomic mass is 79.9. The quantitative estimate of drug-likeness (QED) is 0.609. The van der Waals surface area contributed by atoms with Crippen LogP contribution in [0.2, 0.25) is 0 Å². The van der Waals surface area contributed by atoms with E-state index in [-0.39, 0.29) is 5.82 Å². The summed E-state index contributed by atoms with van der Waals surface area (Å²) >= 11 is 3.28. The van der Waals surface area contributed by atoms with Gasteiger partial charge in [-0.25, -0.2) is 4.39 Å². The van der Waals surface area contributed by atoms with Gasteiger partial charge in [0.05, 0.1) is 0 Å². The Balaban J connectivity index is 2.33. The molecule has 0 fully saturated rings. The van der Waals surface area contributed by atoms with E-state index in [1.807, 2.05) is 18.2 Å². The van der Waals surface area contributed by atoms with Gasteiger partial charge in [0.1, 0.15) is 5.82 Å². The van der Waals surface area contributed by atoms with Crippen LogP contribution in [0.25, 0.3) is 5.57 Å². The molecule has 0 aliphatic heterocycles. The molecule has 0 nitrogen and oxygen atoms in total. The summed E-state index contributed by atoms with van der Waals surface area (Å²) in [7, 11) is 0. The Morgan fingerprint density at radius 3 is 2.53 bits per heavy atom. The number of benzene rings is 2. The first-order chi connectivity index (χ1) is 9.29. The van der Waals surface area contributed by atoms with Crippen LogP contribution < -0.4 is 0 Å². The van der Waals surface area contributed by atoms with Crippen molar-refractivity contribution in [1.82, 2.24) is 0 Å². The van der Waals surface area contributed by atoms with Crippen LogP contribution in [-0.4, -0.2) is 0 Å². The lowest BCUT2D eigenvalue weighted by atomic mass is 9.95. The summed E-state index contributed by atoms with van der Waals surface area (Å²) < 4.78 is 13.6. The summed E-state index contributed by atoms with van der Waals surface area (Å²) in [6, 6.07) is 13.3. The predicted molar refractivity (Wildman–Crippen MR) is 79.8 cm³/mol. The third kappa shape index (κ3) is 2.30. The Morgan fingerprint density at radius 1 is 1.00 bits per heavy atom. The fraction of sp³-hybridized carbons (Fsp3) is 0.118. The Kier molecular flexibility index (Phi) is 3.37. The fourth-order valence-electron chi connectivity index (χ4n) is 2.61. The molecule has 2 aromatic rings. The standard InChI is InChI=1S/C17H12BrF/c18-10-9-16-15-4-2-1-3-12(15)5-6-13-7-8-14(19)11-17(13)16/h1-4,7-8,10-11H,5-6H2. The first-order valence-corrected chi connectivity index (χ1v) is 7.13. The monoisotopic (exact) mass is 314 g/mol. The van der Waals surface area contributed by atoms with Crippen LogP contribution >= 0.6 is 15.9 Å². The third-order valence-corrected chi connectivity index (χ3v) is 3.72. The van der Waals surface area contributed by atoms with Crippen molar-refractivity contribution >= 4 is 21.5 Å². The van der Waals surface area contributed by atoms with Crippen molar-refractivity contribution in [3.05, 3.63) is 81.3 Å². The van der Waals surface area contributed by atoms with Gasteiger partial charge in [0, 0.05) is 10.6 Å². The van der Waals surface area contributed by atoms with Gasteiger partial charge in [0.2, 0.25) is 0 Å². The van der Waals surface area contributed by atoms with E-state index in [9.17, 15) is 4.39 Å². The average Bonchev–Trinajstić information content (AvgIpc) is 2.58. The van der Waals surface area contributed by atoms with E-state index in [4.69, 9.17) is 0 Å². The van der Waals surface area contributed by atoms with Gasteiger partial charge in [-0.1, -0.05) is 46.3 Å². The molecule has 0 spiro atoms. The number of rotatable bonds is 0. The number of hydrogen-bond acceptors (Lipinski definition) is 0. The maximum absolute atomic E-state index is 13.6. The molecule has 0 aromatic heterocycles. The molecule has 3 rings (SSSR count). The molecule has 0 radical (unpaired) electrons. The van der Waals surface area contributed by atoms with E-state index >= 15 is 0 Å². The molecule has 2 heteroatoms. The number of aryl methyl sites for hydroxylation is 2. The molecule has 0 saturated carbocycles. The zero-order valence-corrected chi connectivity index (χ0v) is 11.9. The van der Waals surface area contributed by atoms with E-state index in [1.165, 1.54) is 17.2 Å². The van der Waals surface area contributed by atoms with Crippen molar-refractivity contribution in [2.75, 3.05) is 0 Å². The van der Waals surface area contributed by atoms with Crippen LogP contribution in [0.5, 0.6) is 0 Å². The van der Waals surface area contributed by atoms with Crippen molar-refractivity contribution in [1.29, 1.82) is 0 Å². The highest BCUT2D eigenvalue weighted by Gasteiger charge is 2.17. The minimum Gasteiger partial charge on any atom is -0.207 e. The molecule has 2 aromatic carbocycles. The lowest BCUT2D eigenvalue weighted by Crippen LogP contribution is -1.92. The van der Waals surface area contributed by atoms with Gasteiger partial charge in [-0.2, -0.15) is 0 Å². The summed E-state index contributed by atoms with van der Waals surface area (Å²) in [6.45, 7) is 0. The number of fused-ring (bicyclic) bond motifs is 2. The van der Waals surface area contributed by atoms with Gasteiger partial charge in [0.15, 0.2) is 0 Å². The Labute approximate surface area is 120 Å². The summed E-state index contributed by atoms with van der Waals surface area (Å²) in [4.78, 5) is 1.71. The fourth-order valence-corrected chi connectivity index (χ4v) is 2.84. The summed E-state index contributed by atoms with van der Waals surface area (Å²) in [5, 5.41) is 0. The van der Waals surface area contributed by atoms with Gasteiger partial charge >= 0.3 is 0 Å². The Hall–Kier alpha value is -1.63. The Morgan fingerprint density at radius 2 is 1.74 bits per heavy atom. The number of halogens is 2. The second-order valence-electron chi connectivity index (χ2n) is 4.59. The maximum atomic E-state index is 13.6. The zero-order valence-electron chi connectivity index (χ0n) is 10.3. The minimum absolute atomic E-state index is 0.202. The molecule has 0 unspecified atom stereocenters. The largest absolute Gasteiger partial charge is 0.207 e. The molecule has 0 amide bonds. The highest BCUT2D eigenvalue weighted by Crippen LogP contribution is 2.33. The van der Waals surface area contributed by atoms with Gasteiger partial charge < -0.3 is 0 Å². The van der Waals surface area contributed by atoms with E-state index in [2.05, 4.69) is 33.8 Å².